The SMILES string of the molecule is Cc1ccc2cc([C@]34C[C@H]3C(=O)NC4=O)ccc2n1. The van der Waals surface area contributed by atoms with E-state index in [9.17, 15) is 9.59 Å². The maximum Gasteiger partial charge on any atom is 0.238 e. The zero-order chi connectivity index (χ0) is 13.2. The molecule has 2 heterocycles. The van der Waals surface area contributed by atoms with Crippen LogP contribution in [-0.4, -0.2) is 16.8 Å². The fourth-order valence-corrected chi connectivity index (χ4v) is 3.10. The number of nitrogens with one attached hydrogen (secondary N) is 1. The summed E-state index contributed by atoms with van der Waals surface area (Å²) in [7, 11) is 0. The number of aromatic nitrogens is 1. The second kappa shape index (κ2) is 3.20. The summed E-state index contributed by atoms with van der Waals surface area (Å²) in [6.45, 7) is 1.95. The molecular weight excluding hydrogens is 240 g/mol. The highest BCUT2D eigenvalue weighted by atomic mass is 16.2. The van der Waals surface area contributed by atoms with Gasteiger partial charge in [0.25, 0.3) is 0 Å². The van der Waals surface area contributed by atoms with Crippen LogP contribution in [0.2, 0.25) is 0 Å². The number of amides is 2. The lowest BCUT2D eigenvalue weighted by molar-refractivity contribution is -0.127. The number of nitrogens with zero attached hydrogens (tertiary/aromatic N) is 1. The second-order valence-corrected chi connectivity index (χ2v) is 5.41. The van der Waals surface area contributed by atoms with Gasteiger partial charge in [0.15, 0.2) is 0 Å². The summed E-state index contributed by atoms with van der Waals surface area (Å²) in [4.78, 5) is 28.0. The second-order valence-electron chi connectivity index (χ2n) is 5.41. The molecular formula is C15H12N2O2. The normalized spacial score (nSPS) is 28.4. The molecule has 4 nitrogen and oxygen atoms in total. The van der Waals surface area contributed by atoms with Crippen LogP contribution in [0.1, 0.15) is 17.7 Å². The summed E-state index contributed by atoms with van der Waals surface area (Å²) >= 11 is 0. The first-order valence-corrected chi connectivity index (χ1v) is 6.34. The Morgan fingerprint density at radius 3 is 2.79 bits per heavy atom. The summed E-state index contributed by atoms with van der Waals surface area (Å²) < 4.78 is 0. The van der Waals surface area contributed by atoms with Crippen molar-refractivity contribution >= 4 is 22.7 Å². The van der Waals surface area contributed by atoms with Gasteiger partial charge in [-0.1, -0.05) is 12.1 Å². The van der Waals surface area contributed by atoms with Gasteiger partial charge in [-0.15, -0.1) is 0 Å². The summed E-state index contributed by atoms with van der Waals surface area (Å²) in [5, 5.41) is 3.43. The van der Waals surface area contributed by atoms with Crippen LogP contribution in [0.5, 0.6) is 0 Å². The third kappa shape index (κ3) is 1.26. The van der Waals surface area contributed by atoms with E-state index in [-0.39, 0.29) is 17.7 Å². The first kappa shape index (κ1) is 10.7. The Balaban J connectivity index is 1.87. The Kier molecular flexibility index (Phi) is 1.80. The number of hydrogen-bond acceptors (Lipinski definition) is 3. The third-order valence-corrected chi connectivity index (χ3v) is 4.26. The van der Waals surface area contributed by atoms with Crippen LogP contribution < -0.4 is 5.32 Å². The molecule has 1 N–H and O–H groups in total. The average Bonchev–Trinajstić information content (AvgIpc) is 3.09. The topological polar surface area (TPSA) is 59.1 Å². The smallest absolute Gasteiger partial charge is 0.238 e. The first-order valence-electron chi connectivity index (χ1n) is 6.34. The number of hydrogen-bond donors (Lipinski definition) is 1. The number of rotatable bonds is 1. The van der Waals surface area contributed by atoms with Crippen LogP contribution in [0.25, 0.3) is 10.9 Å². The molecule has 94 valence electrons. The van der Waals surface area contributed by atoms with E-state index in [0.29, 0.717) is 6.42 Å². The lowest BCUT2D eigenvalue weighted by Crippen LogP contribution is -2.30. The minimum absolute atomic E-state index is 0.132. The van der Waals surface area contributed by atoms with Crippen molar-refractivity contribution in [2.45, 2.75) is 18.8 Å². The van der Waals surface area contributed by atoms with Gasteiger partial charge in [0.05, 0.1) is 16.8 Å². The highest BCUT2D eigenvalue weighted by Gasteiger charge is 2.69. The van der Waals surface area contributed by atoms with Gasteiger partial charge in [0.1, 0.15) is 0 Å². The third-order valence-electron chi connectivity index (χ3n) is 4.26. The minimum Gasteiger partial charge on any atom is -0.295 e. The molecule has 2 amide bonds. The van der Waals surface area contributed by atoms with Crippen molar-refractivity contribution in [1.82, 2.24) is 10.3 Å². The van der Waals surface area contributed by atoms with Crippen molar-refractivity contribution in [1.29, 1.82) is 0 Å². The molecule has 4 rings (SSSR count). The minimum atomic E-state index is -0.601. The molecule has 0 bridgehead atoms. The van der Waals surface area contributed by atoms with Gasteiger partial charge in [-0.05, 0) is 37.1 Å². The summed E-state index contributed by atoms with van der Waals surface area (Å²) in [6.07, 6.45) is 0.641. The average molecular weight is 252 g/mol. The van der Waals surface area contributed by atoms with Crippen LogP contribution in [0.15, 0.2) is 30.3 Å². The Morgan fingerprint density at radius 2 is 2.11 bits per heavy atom. The molecule has 4 heteroatoms. The molecule has 1 aliphatic carbocycles. The van der Waals surface area contributed by atoms with Gasteiger partial charge in [-0.3, -0.25) is 19.9 Å². The molecule has 1 saturated carbocycles. The van der Waals surface area contributed by atoms with Crippen LogP contribution in [0.3, 0.4) is 0 Å². The van der Waals surface area contributed by atoms with Crippen molar-refractivity contribution in [3.63, 3.8) is 0 Å². The van der Waals surface area contributed by atoms with E-state index in [1.54, 1.807) is 0 Å². The van der Waals surface area contributed by atoms with Crippen LogP contribution in [0, 0.1) is 12.8 Å². The van der Waals surface area contributed by atoms with Crippen molar-refractivity contribution in [2.75, 3.05) is 0 Å². The van der Waals surface area contributed by atoms with E-state index >= 15 is 0 Å². The lowest BCUT2D eigenvalue weighted by atomic mass is 9.93. The highest BCUT2D eigenvalue weighted by Crippen LogP contribution is 2.57. The van der Waals surface area contributed by atoms with Crippen molar-refractivity contribution in [3.8, 4) is 0 Å². The Hall–Kier alpha value is -2.23. The first-order chi connectivity index (χ1) is 9.11. The highest BCUT2D eigenvalue weighted by molar-refractivity contribution is 6.15. The predicted octanol–water partition coefficient (Wildman–Crippen LogP) is 1.46. The molecule has 1 aromatic heterocycles. The molecule has 2 aliphatic rings. The van der Waals surface area contributed by atoms with E-state index in [0.717, 1.165) is 22.2 Å². The molecule has 0 unspecified atom stereocenters. The van der Waals surface area contributed by atoms with Crippen LogP contribution >= 0.6 is 0 Å². The van der Waals surface area contributed by atoms with Gasteiger partial charge in [0, 0.05) is 11.1 Å². The molecule has 1 aromatic carbocycles. The number of carbonyl (C=O) groups excluding carboxylic acids is 2. The number of aryl methyl sites for hydroxylation is 1. The number of benzene rings is 1. The number of imide groups is 1. The quantitative estimate of drug-likeness (QED) is 0.782. The monoisotopic (exact) mass is 252 g/mol. The van der Waals surface area contributed by atoms with E-state index in [1.807, 2.05) is 37.3 Å². The fraction of sp³-hybridized carbons (Fsp3) is 0.267. The van der Waals surface area contributed by atoms with Gasteiger partial charge in [-0.2, -0.15) is 0 Å². The van der Waals surface area contributed by atoms with Crippen LogP contribution in [-0.2, 0) is 15.0 Å². The maximum atomic E-state index is 12.0. The Morgan fingerprint density at radius 1 is 1.26 bits per heavy atom. The standard InChI is InChI=1S/C15H12N2O2/c1-8-2-3-9-6-10(4-5-12(9)16-8)15-7-11(15)13(18)17-14(15)19/h2-6,11H,7H2,1H3,(H,17,18,19)/t11-,15+/m0/s1. The summed E-state index contributed by atoms with van der Waals surface area (Å²) in [5.74, 6) is -0.454. The van der Waals surface area contributed by atoms with Gasteiger partial charge >= 0.3 is 0 Å². The maximum absolute atomic E-state index is 12.0. The summed E-state index contributed by atoms with van der Waals surface area (Å²) in [5.41, 5.74) is 2.22. The Bertz CT molecular complexity index is 753. The molecule has 0 radical (unpaired) electrons. The zero-order valence-electron chi connectivity index (χ0n) is 10.4. The van der Waals surface area contributed by atoms with Crippen molar-refractivity contribution < 1.29 is 9.59 Å². The molecule has 2 fully saturated rings. The van der Waals surface area contributed by atoms with Crippen molar-refractivity contribution in [2.24, 2.45) is 5.92 Å². The predicted molar refractivity (Wildman–Crippen MR) is 69.4 cm³/mol. The van der Waals surface area contributed by atoms with E-state index in [2.05, 4.69) is 10.3 Å². The number of pyridine rings is 1. The van der Waals surface area contributed by atoms with E-state index in [1.165, 1.54) is 0 Å². The van der Waals surface area contributed by atoms with E-state index < -0.39 is 5.41 Å². The largest absolute Gasteiger partial charge is 0.295 e. The summed E-state index contributed by atoms with van der Waals surface area (Å²) in [6, 6.07) is 9.79. The van der Waals surface area contributed by atoms with E-state index in [4.69, 9.17) is 0 Å². The fourth-order valence-electron chi connectivity index (χ4n) is 3.10. The van der Waals surface area contributed by atoms with Crippen molar-refractivity contribution in [3.05, 3.63) is 41.6 Å². The molecule has 2 atom stereocenters. The van der Waals surface area contributed by atoms with Gasteiger partial charge in [0.2, 0.25) is 11.8 Å². The molecule has 1 saturated heterocycles. The lowest BCUT2D eigenvalue weighted by Gasteiger charge is -2.11. The molecule has 2 aromatic rings. The van der Waals surface area contributed by atoms with Gasteiger partial charge < -0.3 is 0 Å². The van der Waals surface area contributed by atoms with Gasteiger partial charge in [-0.25, -0.2) is 0 Å². The number of fused-ring (bicyclic) bond motifs is 2. The Labute approximate surface area is 109 Å². The zero-order valence-corrected chi connectivity index (χ0v) is 10.4. The van der Waals surface area contributed by atoms with Crippen LogP contribution in [0.4, 0.5) is 0 Å². The molecule has 1 aliphatic heterocycles. The molecule has 19 heavy (non-hydrogen) atoms. The number of carbonyl (C=O) groups is 2. The number of piperidine rings is 1. The molecule has 0 spiro atoms.